The van der Waals surface area contributed by atoms with Crippen molar-refractivity contribution in [3.63, 3.8) is 0 Å². The van der Waals surface area contributed by atoms with E-state index in [0.29, 0.717) is 0 Å². The fourth-order valence-electron chi connectivity index (χ4n) is 1.32. The van der Waals surface area contributed by atoms with E-state index in [9.17, 15) is 4.55 Å². The second-order valence-electron chi connectivity index (χ2n) is 3.11. The van der Waals surface area contributed by atoms with Gasteiger partial charge in [0.05, 0.1) is 0 Å². The first-order valence-electron chi connectivity index (χ1n) is 4.01. The quantitative estimate of drug-likeness (QED) is 0.491. The molecule has 0 spiro atoms. The Bertz CT molecular complexity index is 421. The zero-order valence-corrected chi connectivity index (χ0v) is 8.14. The third-order valence-corrected chi connectivity index (χ3v) is 3.02. The van der Waals surface area contributed by atoms with Gasteiger partial charge in [-0.25, -0.2) is 0 Å². The van der Waals surface area contributed by atoms with Crippen LogP contribution >= 0.6 is 10.8 Å². The van der Waals surface area contributed by atoms with Crippen LogP contribution in [0.5, 0.6) is 0 Å². The van der Waals surface area contributed by atoms with Crippen LogP contribution in [0.1, 0.15) is 16.7 Å². The fourth-order valence-corrected chi connectivity index (χ4v) is 2.15. The monoisotopic (exact) mass is 193 g/mol. The average Bonchev–Trinajstić information content (AvgIpc) is 2.08. The van der Waals surface area contributed by atoms with Crippen LogP contribution in [0, 0.1) is 6.92 Å². The number of fused-ring (bicyclic) bond motifs is 1. The molecule has 1 unspecified atom stereocenters. The van der Waals surface area contributed by atoms with Crippen LogP contribution in [-0.4, -0.2) is 9.92 Å². The molecule has 0 amide bonds. The summed E-state index contributed by atoms with van der Waals surface area (Å²) in [6, 6.07) is 3.94. The molecule has 68 valence electrons. The van der Waals surface area contributed by atoms with Gasteiger partial charge in [0.25, 0.3) is 0 Å². The van der Waals surface area contributed by atoms with E-state index in [1.807, 2.05) is 30.5 Å². The van der Waals surface area contributed by atoms with Crippen LogP contribution in [-0.2, 0) is 0 Å². The molecule has 2 rings (SSSR count). The van der Waals surface area contributed by atoms with Gasteiger partial charge in [-0.05, 0) is 63.4 Å². The molecule has 1 aliphatic rings. The van der Waals surface area contributed by atoms with Crippen LogP contribution in [0.3, 0.4) is 0 Å². The van der Waals surface area contributed by atoms with Gasteiger partial charge in [0.15, 0.2) is 0 Å². The van der Waals surface area contributed by atoms with Crippen LogP contribution in [0.2, 0.25) is 0 Å². The Labute approximate surface area is 79.8 Å². The Kier molecular flexibility index (Phi) is 1.98. The van der Waals surface area contributed by atoms with E-state index in [1.165, 1.54) is 0 Å². The summed E-state index contributed by atoms with van der Waals surface area (Å²) in [5.74, 6) is 0. The third-order valence-electron chi connectivity index (χ3n) is 2.11. The molecule has 0 saturated carbocycles. The van der Waals surface area contributed by atoms with Crippen molar-refractivity contribution < 1.29 is 4.55 Å². The second-order valence-corrected chi connectivity index (χ2v) is 4.31. The molecule has 3 heteroatoms. The molecule has 0 aliphatic carbocycles. The summed E-state index contributed by atoms with van der Waals surface area (Å²) in [6.07, 6.45) is 1.94. The zero-order valence-electron chi connectivity index (χ0n) is 7.32. The molecule has 1 aromatic rings. The molecule has 1 atom stereocenters. The largest absolute Gasteiger partial charge is 0.398 e. The smallest absolute Gasteiger partial charge is 0.0350 e. The Hall–Kier alpha value is -1.06. The van der Waals surface area contributed by atoms with Gasteiger partial charge in [0.1, 0.15) is 0 Å². The number of anilines is 1. The van der Waals surface area contributed by atoms with Crippen molar-refractivity contribution in [2.75, 3.05) is 5.73 Å². The minimum atomic E-state index is -0.728. The number of nitrogens with two attached hydrogens (primary N) is 1. The molecule has 1 aromatic carbocycles. The maximum absolute atomic E-state index is 9.36. The van der Waals surface area contributed by atoms with E-state index in [4.69, 9.17) is 5.73 Å². The lowest BCUT2D eigenvalue weighted by molar-refractivity contribution is 0.668. The Morgan fingerprint density at radius 2 is 2.08 bits per heavy atom. The minimum absolute atomic E-state index is 0.728. The first kappa shape index (κ1) is 8.53. The lowest BCUT2D eigenvalue weighted by Crippen LogP contribution is -1.97. The van der Waals surface area contributed by atoms with Gasteiger partial charge in [-0.1, -0.05) is 0 Å². The highest BCUT2D eigenvalue weighted by molar-refractivity contribution is 8.13. The van der Waals surface area contributed by atoms with Gasteiger partial charge < -0.3 is 10.3 Å². The highest BCUT2D eigenvalue weighted by Gasteiger charge is 2.05. The van der Waals surface area contributed by atoms with Crippen molar-refractivity contribution in [2.24, 2.45) is 0 Å². The van der Waals surface area contributed by atoms with E-state index in [2.05, 4.69) is 0 Å². The molecule has 0 aromatic heterocycles. The van der Waals surface area contributed by atoms with Gasteiger partial charge in [0, 0.05) is 5.69 Å². The number of hydrogen-bond acceptors (Lipinski definition) is 2. The summed E-state index contributed by atoms with van der Waals surface area (Å²) in [4.78, 5) is 0. The first-order chi connectivity index (χ1) is 6.16. The molecule has 0 fully saturated rings. The van der Waals surface area contributed by atoms with Gasteiger partial charge in [-0.15, -0.1) is 0 Å². The summed E-state index contributed by atoms with van der Waals surface area (Å²) < 4.78 is 9.36. The minimum Gasteiger partial charge on any atom is -0.398 e. The molecule has 0 saturated heterocycles. The number of benzene rings is 1. The predicted octanol–water partition coefficient (Wildman–Crippen LogP) is 2.45. The Morgan fingerprint density at radius 1 is 1.31 bits per heavy atom. The van der Waals surface area contributed by atoms with Crippen LogP contribution in [0.15, 0.2) is 17.5 Å². The third kappa shape index (κ3) is 1.53. The molecule has 1 aliphatic heterocycles. The van der Waals surface area contributed by atoms with Crippen LogP contribution < -0.4 is 5.73 Å². The number of rotatable bonds is 0. The number of hydrogen-bond donors (Lipinski definition) is 2. The van der Waals surface area contributed by atoms with Crippen LogP contribution in [0.25, 0.3) is 6.08 Å². The van der Waals surface area contributed by atoms with Crippen molar-refractivity contribution in [1.29, 1.82) is 0 Å². The van der Waals surface area contributed by atoms with E-state index in [-0.39, 0.29) is 0 Å². The maximum Gasteiger partial charge on any atom is 0.0350 e. The molecule has 2 nitrogen and oxygen atoms in total. The van der Waals surface area contributed by atoms with Crippen LogP contribution in [0.4, 0.5) is 5.69 Å². The van der Waals surface area contributed by atoms with Crippen molar-refractivity contribution >= 4 is 27.9 Å². The molecule has 13 heavy (non-hydrogen) atoms. The maximum atomic E-state index is 9.36. The predicted molar refractivity (Wildman–Crippen MR) is 60.0 cm³/mol. The summed E-state index contributed by atoms with van der Waals surface area (Å²) in [5, 5.41) is 3.61. The van der Waals surface area contributed by atoms with Gasteiger partial charge in [0.2, 0.25) is 0 Å². The normalized spacial score (nSPS) is 19.4. The van der Waals surface area contributed by atoms with E-state index in [0.717, 1.165) is 22.4 Å². The molecular formula is C10H11NOS. The Balaban J connectivity index is 2.64. The summed E-state index contributed by atoms with van der Waals surface area (Å²) in [7, 11) is -0.728. The van der Waals surface area contributed by atoms with Crippen molar-refractivity contribution in [3.05, 3.63) is 34.2 Å². The van der Waals surface area contributed by atoms with E-state index < -0.39 is 10.8 Å². The lowest BCUT2D eigenvalue weighted by Gasteiger charge is -2.10. The average molecular weight is 193 g/mol. The summed E-state index contributed by atoms with van der Waals surface area (Å²) in [6.45, 7) is 1.98. The zero-order chi connectivity index (χ0) is 9.42. The van der Waals surface area contributed by atoms with Crippen molar-refractivity contribution in [1.82, 2.24) is 0 Å². The summed E-state index contributed by atoms with van der Waals surface area (Å²) in [5.41, 5.74) is 9.78. The molecular weight excluding hydrogens is 182 g/mol. The lowest BCUT2D eigenvalue weighted by atomic mass is 10.0. The number of aryl methyl sites for hydroxylation is 1. The molecule has 0 radical (unpaired) electrons. The summed E-state index contributed by atoms with van der Waals surface area (Å²) >= 11 is 0. The van der Waals surface area contributed by atoms with E-state index >= 15 is 0 Å². The van der Waals surface area contributed by atoms with E-state index in [1.54, 1.807) is 5.41 Å². The number of nitrogen functional groups attached to an aromatic ring is 1. The first-order valence-corrected chi connectivity index (χ1v) is 5.32. The topological polar surface area (TPSA) is 46.2 Å². The molecule has 3 N–H and O–H groups in total. The van der Waals surface area contributed by atoms with Crippen molar-refractivity contribution in [2.45, 2.75) is 6.92 Å². The van der Waals surface area contributed by atoms with Gasteiger partial charge in [-0.3, -0.25) is 0 Å². The van der Waals surface area contributed by atoms with Gasteiger partial charge in [-0.2, -0.15) is 0 Å². The molecule has 0 bridgehead atoms. The second kappa shape index (κ2) is 3.01. The standard InChI is InChI=1S/C10H11NOS/c1-7-4-8-2-3-13(12)6-9(8)5-10(7)11/h2-6,12H,11H2,1H3. The van der Waals surface area contributed by atoms with Gasteiger partial charge >= 0.3 is 0 Å². The molecule has 1 heterocycles. The highest BCUT2D eigenvalue weighted by Crippen LogP contribution is 2.25. The SMILES string of the molecule is Cc1cc2c(cc1N)C=S(O)C=C2. The fraction of sp³-hybridized carbons (Fsp3) is 0.100. The highest BCUT2D eigenvalue weighted by atomic mass is 32.2. The van der Waals surface area contributed by atoms with Crippen molar-refractivity contribution in [3.8, 4) is 0 Å². The Morgan fingerprint density at radius 3 is 2.85 bits per heavy atom.